The van der Waals surface area contributed by atoms with Crippen molar-refractivity contribution in [2.75, 3.05) is 0 Å². The number of rotatable bonds is 9. The molecule has 2 rings (SSSR count). The fourth-order valence-electron chi connectivity index (χ4n) is 4.24. The van der Waals surface area contributed by atoms with Crippen molar-refractivity contribution in [1.82, 2.24) is 0 Å². The minimum atomic E-state index is -2.84. The second kappa shape index (κ2) is 10.6. The molecule has 0 atom stereocenters. The van der Waals surface area contributed by atoms with Gasteiger partial charge in [0, 0.05) is 12.0 Å². The monoisotopic (exact) mass is 414 g/mol. The maximum atomic E-state index is 15.7. The van der Waals surface area contributed by atoms with Gasteiger partial charge in [-0.2, -0.15) is 0 Å². The lowest BCUT2D eigenvalue weighted by molar-refractivity contribution is 0.0562. The highest BCUT2D eigenvalue weighted by Gasteiger charge is 2.37. The standard InChI is InChI=1S/C28H40F2/c1-8-10-12-24-16-15-20(5)26(22(7)19(3)4)27(24)25(28(29,30)17-9-2)18-21(6)23-13-11-14-23/h15-16,18H,8-14,17H2,1-7H3/b25-18+. The Hall–Kier alpha value is -1.70. The van der Waals surface area contributed by atoms with Crippen molar-refractivity contribution in [2.24, 2.45) is 0 Å². The van der Waals surface area contributed by atoms with Gasteiger partial charge in [0.25, 0.3) is 5.92 Å². The van der Waals surface area contributed by atoms with Crippen molar-refractivity contribution in [2.45, 2.75) is 106 Å². The van der Waals surface area contributed by atoms with E-state index in [9.17, 15) is 0 Å². The molecule has 0 saturated heterocycles. The van der Waals surface area contributed by atoms with Gasteiger partial charge in [0.05, 0.1) is 0 Å². The summed E-state index contributed by atoms with van der Waals surface area (Å²) in [6, 6.07) is 4.20. The van der Waals surface area contributed by atoms with Crippen LogP contribution < -0.4 is 0 Å². The van der Waals surface area contributed by atoms with E-state index in [0.717, 1.165) is 65.5 Å². The lowest BCUT2D eigenvalue weighted by Gasteiger charge is -2.28. The fraction of sp³-hybridized carbons (Fsp3) is 0.571. The molecule has 0 bridgehead atoms. The minimum absolute atomic E-state index is 0.115. The molecule has 0 radical (unpaired) electrons. The summed E-state index contributed by atoms with van der Waals surface area (Å²) in [5, 5.41) is 0. The Morgan fingerprint density at radius 2 is 1.67 bits per heavy atom. The van der Waals surface area contributed by atoms with E-state index in [-0.39, 0.29) is 12.0 Å². The number of alkyl halides is 2. The molecule has 1 fully saturated rings. The predicted molar refractivity (Wildman–Crippen MR) is 128 cm³/mol. The van der Waals surface area contributed by atoms with Crippen LogP contribution in [0.15, 0.2) is 34.9 Å². The van der Waals surface area contributed by atoms with Crippen LogP contribution in [0.25, 0.3) is 11.1 Å². The molecule has 0 unspecified atom stereocenters. The largest absolute Gasteiger partial charge is 0.273 e. The number of benzene rings is 1. The molecule has 2 heteroatoms. The zero-order valence-corrected chi connectivity index (χ0v) is 20.1. The number of hydrogen-bond acceptors (Lipinski definition) is 0. The quantitative estimate of drug-likeness (QED) is 0.377. The Kier molecular flexibility index (Phi) is 8.64. The summed E-state index contributed by atoms with van der Waals surface area (Å²) >= 11 is 0. The molecule has 0 spiro atoms. The number of hydrogen-bond donors (Lipinski definition) is 0. The molecule has 1 aliphatic carbocycles. The zero-order valence-electron chi connectivity index (χ0n) is 20.1. The SMILES string of the molecule is CCCCc1ccc(C)c(C(C)=C(C)C)c1/C(=C\C(C)=C1CCC1)C(F)(F)CCC. The second-order valence-corrected chi connectivity index (χ2v) is 9.17. The topological polar surface area (TPSA) is 0 Å². The molecular weight excluding hydrogens is 374 g/mol. The molecular formula is C28H40F2. The average molecular weight is 415 g/mol. The molecule has 30 heavy (non-hydrogen) atoms. The van der Waals surface area contributed by atoms with Gasteiger partial charge in [-0.15, -0.1) is 0 Å². The van der Waals surface area contributed by atoms with Gasteiger partial charge in [0.1, 0.15) is 0 Å². The molecule has 0 aliphatic heterocycles. The lowest BCUT2D eigenvalue weighted by Crippen LogP contribution is -2.21. The second-order valence-electron chi connectivity index (χ2n) is 9.17. The predicted octanol–water partition coefficient (Wildman–Crippen LogP) is 9.47. The van der Waals surface area contributed by atoms with Gasteiger partial charge < -0.3 is 0 Å². The van der Waals surface area contributed by atoms with Gasteiger partial charge in [-0.1, -0.05) is 55.5 Å². The Balaban J connectivity index is 2.88. The normalized spacial score (nSPS) is 14.6. The number of allylic oxidation sites excluding steroid dienone is 6. The summed E-state index contributed by atoms with van der Waals surface area (Å²) in [7, 11) is 0. The Morgan fingerprint density at radius 3 is 2.17 bits per heavy atom. The van der Waals surface area contributed by atoms with Crippen molar-refractivity contribution < 1.29 is 8.78 Å². The van der Waals surface area contributed by atoms with Gasteiger partial charge in [0.2, 0.25) is 0 Å². The molecule has 0 amide bonds. The number of aryl methyl sites for hydroxylation is 2. The van der Waals surface area contributed by atoms with Crippen molar-refractivity contribution in [1.29, 1.82) is 0 Å². The van der Waals surface area contributed by atoms with E-state index < -0.39 is 5.92 Å². The molecule has 1 saturated carbocycles. The molecule has 166 valence electrons. The molecule has 0 aromatic heterocycles. The Labute approximate surface area is 183 Å². The maximum absolute atomic E-state index is 15.7. The highest BCUT2D eigenvalue weighted by atomic mass is 19.3. The van der Waals surface area contributed by atoms with Crippen LogP contribution in [-0.4, -0.2) is 5.92 Å². The van der Waals surface area contributed by atoms with Crippen LogP contribution in [-0.2, 0) is 6.42 Å². The summed E-state index contributed by atoms with van der Waals surface area (Å²) < 4.78 is 31.4. The van der Waals surface area contributed by atoms with Crippen LogP contribution >= 0.6 is 0 Å². The summed E-state index contributed by atoms with van der Waals surface area (Å²) in [5.41, 5.74) is 8.84. The molecule has 0 nitrogen and oxygen atoms in total. The third-order valence-corrected chi connectivity index (χ3v) is 6.53. The van der Waals surface area contributed by atoms with E-state index in [1.54, 1.807) is 0 Å². The molecule has 1 aromatic carbocycles. The summed E-state index contributed by atoms with van der Waals surface area (Å²) in [4.78, 5) is 0. The molecule has 1 aliphatic rings. The summed E-state index contributed by atoms with van der Waals surface area (Å²) in [6.45, 7) is 14.3. The Morgan fingerprint density at radius 1 is 1.00 bits per heavy atom. The average Bonchev–Trinajstić information content (AvgIpc) is 2.62. The van der Waals surface area contributed by atoms with Gasteiger partial charge in [-0.25, -0.2) is 8.78 Å². The van der Waals surface area contributed by atoms with Crippen LogP contribution in [0, 0.1) is 6.92 Å². The summed E-state index contributed by atoms with van der Waals surface area (Å²) in [5.74, 6) is -2.84. The minimum Gasteiger partial charge on any atom is -0.201 e. The highest BCUT2D eigenvalue weighted by molar-refractivity contribution is 5.86. The first-order valence-electron chi connectivity index (χ1n) is 11.7. The van der Waals surface area contributed by atoms with E-state index in [1.165, 1.54) is 17.6 Å². The van der Waals surface area contributed by atoms with Crippen LogP contribution in [0.4, 0.5) is 8.78 Å². The Bertz CT molecular complexity index is 840. The van der Waals surface area contributed by atoms with E-state index >= 15 is 8.78 Å². The van der Waals surface area contributed by atoms with Crippen LogP contribution in [0.3, 0.4) is 0 Å². The van der Waals surface area contributed by atoms with Crippen molar-refractivity contribution >= 4 is 11.1 Å². The van der Waals surface area contributed by atoms with Crippen molar-refractivity contribution in [3.8, 4) is 0 Å². The smallest absolute Gasteiger partial charge is 0.201 e. The molecule has 1 aromatic rings. The van der Waals surface area contributed by atoms with Crippen LogP contribution in [0.1, 0.15) is 109 Å². The van der Waals surface area contributed by atoms with Gasteiger partial charge in [-0.05, 0) is 101 Å². The lowest BCUT2D eigenvalue weighted by atomic mass is 9.80. The van der Waals surface area contributed by atoms with Gasteiger partial charge in [0.15, 0.2) is 0 Å². The van der Waals surface area contributed by atoms with Crippen LogP contribution in [0.5, 0.6) is 0 Å². The van der Waals surface area contributed by atoms with Crippen molar-refractivity contribution in [3.05, 3.63) is 57.2 Å². The maximum Gasteiger partial charge on any atom is 0.273 e. The first kappa shape index (κ1) is 24.6. The highest BCUT2D eigenvalue weighted by Crippen LogP contribution is 2.44. The van der Waals surface area contributed by atoms with Crippen LogP contribution in [0.2, 0.25) is 0 Å². The number of unbranched alkanes of at least 4 members (excludes halogenated alkanes) is 1. The third kappa shape index (κ3) is 5.50. The zero-order chi connectivity index (χ0) is 22.5. The van der Waals surface area contributed by atoms with E-state index in [0.29, 0.717) is 6.42 Å². The van der Waals surface area contributed by atoms with E-state index in [2.05, 4.69) is 46.8 Å². The number of halogens is 2. The summed E-state index contributed by atoms with van der Waals surface area (Å²) in [6.07, 6.45) is 8.35. The van der Waals surface area contributed by atoms with Gasteiger partial charge in [-0.3, -0.25) is 0 Å². The molecule has 0 heterocycles. The third-order valence-electron chi connectivity index (χ3n) is 6.53. The first-order valence-corrected chi connectivity index (χ1v) is 11.7. The van der Waals surface area contributed by atoms with Gasteiger partial charge >= 0.3 is 0 Å². The molecule has 0 N–H and O–H groups in total. The van der Waals surface area contributed by atoms with E-state index in [4.69, 9.17) is 0 Å². The van der Waals surface area contributed by atoms with Crippen molar-refractivity contribution in [3.63, 3.8) is 0 Å². The van der Waals surface area contributed by atoms with E-state index in [1.807, 2.05) is 19.9 Å². The fourth-order valence-corrected chi connectivity index (χ4v) is 4.24. The first-order chi connectivity index (χ1) is 14.1.